The van der Waals surface area contributed by atoms with Gasteiger partial charge in [0.25, 0.3) is 0 Å². The lowest BCUT2D eigenvalue weighted by Gasteiger charge is -2.17. The maximum Gasteiger partial charge on any atom is 0.326 e. The van der Waals surface area contributed by atoms with Gasteiger partial charge in [0.2, 0.25) is 5.91 Å². The monoisotopic (exact) mass is 230 g/mol. The first-order chi connectivity index (χ1) is 6.88. The highest BCUT2D eigenvalue weighted by molar-refractivity contribution is 6.76. The van der Waals surface area contributed by atoms with Gasteiger partial charge in [-0.15, -0.1) is 0 Å². The van der Waals surface area contributed by atoms with E-state index in [4.69, 9.17) is 4.74 Å². The standard InChI is InChI=1S/C9H18N2O3Si/c1-15(2,3)5-4-14-7-11-6-8(12)10-9(11)13/h4-7H2,1-3H3,(H,10,12,13). The van der Waals surface area contributed by atoms with Gasteiger partial charge in [0.05, 0.1) is 0 Å². The second-order valence-electron chi connectivity index (χ2n) is 4.90. The number of hydrogen-bond acceptors (Lipinski definition) is 3. The van der Waals surface area contributed by atoms with Crippen LogP contribution in [0.15, 0.2) is 0 Å². The summed E-state index contributed by atoms with van der Waals surface area (Å²) >= 11 is 0. The summed E-state index contributed by atoms with van der Waals surface area (Å²) in [5.41, 5.74) is 0. The topological polar surface area (TPSA) is 58.6 Å². The van der Waals surface area contributed by atoms with Gasteiger partial charge in [-0.05, 0) is 6.04 Å². The summed E-state index contributed by atoms with van der Waals surface area (Å²) in [6, 6.07) is 0.712. The van der Waals surface area contributed by atoms with Gasteiger partial charge in [0, 0.05) is 14.7 Å². The molecule has 0 aromatic carbocycles. The number of carbonyl (C=O) groups excluding carboxylic acids is 2. The Kier molecular flexibility index (Phi) is 3.87. The number of amides is 3. The number of nitrogens with zero attached hydrogens (tertiary/aromatic N) is 1. The van der Waals surface area contributed by atoms with Crippen LogP contribution < -0.4 is 5.32 Å². The zero-order valence-electron chi connectivity index (χ0n) is 9.50. The van der Waals surface area contributed by atoms with E-state index in [1.54, 1.807) is 0 Å². The predicted molar refractivity (Wildman–Crippen MR) is 59.2 cm³/mol. The molecule has 0 spiro atoms. The van der Waals surface area contributed by atoms with Crippen LogP contribution in [-0.2, 0) is 9.53 Å². The van der Waals surface area contributed by atoms with Crippen molar-refractivity contribution < 1.29 is 14.3 Å². The molecule has 6 heteroatoms. The van der Waals surface area contributed by atoms with Crippen LogP contribution in [-0.4, -0.2) is 44.8 Å². The molecule has 0 aromatic rings. The van der Waals surface area contributed by atoms with Crippen LogP contribution in [0.2, 0.25) is 25.7 Å². The van der Waals surface area contributed by atoms with Gasteiger partial charge in [-0.2, -0.15) is 0 Å². The van der Waals surface area contributed by atoms with Crippen LogP contribution in [0.4, 0.5) is 4.79 Å². The summed E-state index contributed by atoms with van der Waals surface area (Å²) in [4.78, 5) is 23.3. The molecule has 1 N–H and O–H groups in total. The molecule has 1 aliphatic heterocycles. The highest BCUT2D eigenvalue weighted by Crippen LogP contribution is 2.08. The second kappa shape index (κ2) is 4.76. The molecule has 1 fully saturated rings. The molecule has 1 rings (SSSR count). The van der Waals surface area contributed by atoms with E-state index in [1.165, 1.54) is 4.90 Å². The largest absolute Gasteiger partial charge is 0.361 e. The fraction of sp³-hybridized carbons (Fsp3) is 0.778. The maximum absolute atomic E-state index is 11.1. The van der Waals surface area contributed by atoms with Gasteiger partial charge in [0.15, 0.2) is 0 Å². The lowest BCUT2D eigenvalue weighted by molar-refractivity contribution is -0.118. The summed E-state index contributed by atoms with van der Waals surface area (Å²) < 4.78 is 5.36. The molecule has 0 saturated carbocycles. The van der Waals surface area contributed by atoms with Crippen LogP contribution >= 0.6 is 0 Å². The highest BCUT2D eigenvalue weighted by atomic mass is 28.3. The highest BCUT2D eigenvalue weighted by Gasteiger charge is 2.26. The number of nitrogens with one attached hydrogen (secondary N) is 1. The van der Waals surface area contributed by atoms with Crippen molar-refractivity contribution in [2.24, 2.45) is 0 Å². The molecule has 0 atom stereocenters. The van der Waals surface area contributed by atoms with Crippen LogP contribution in [0.5, 0.6) is 0 Å². The second-order valence-corrected chi connectivity index (χ2v) is 10.5. The molecule has 0 aliphatic carbocycles. The quantitative estimate of drug-likeness (QED) is 0.433. The molecular formula is C9H18N2O3Si. The summed E-state index contributed by atoms with van der Waals surface area (Å²) in [7, 11) is -1.08. The number of ether oxygens (including phenoxy) is 1. The molecular weight excluding hydrogens is 212 g/mol. The van der Waals surface area contributed by atoms with E-state index in [2.05, 4.69) is 25.0 Å². The number of carbonyl (C=O) groups is 2. The zero-order valence-corrected chi connectivity index (χ0v) is 10.5. The van der Waals surface area contributed by atoms with Crippen molar-refractivity contribution in [3.63, 3.8) is 0 Å². The predicted octanol–water partition coefficient (Wildman–Crippen LogP) is 0.850. The summed E-state index contributed by atoms with van der Waals surface area (Å²) in [6.45, 7) is 7.79. The minimum Gasteiger partial charge on any atom is -0.361 e. The molecule has 0 aromatic heterocycles. The third kappa shape index (κ3) is 4.44. The molecule has 1 aliphatic rings. The first-order valence-electron chi connectivity index (χ1n) is 5.05. The molecule has 5 nitrogen and oxygen atoms in total. The number of imide groups is 1. The van der Waals surface area contributed by atoms with Crippen molar-refractivity contribution >= 4 is 20.0 Å². The van der Waals surface area contributed by atoms with Crippen molar-refractivity contribution in [3.05, 3.63) is 0 Å². The van der Waals surface area contributed by atoms with E-state index < -0.39 is 8.07 Å². The molecule has 1 heterocycles. The normalized spacial score (nSPS) is 17.1. The SMILES string of the molecule is C[Si](C)(C)CCOCN1CC(=O)NC1=O. The third-order valence-electron chi connectivity index (χ3n) is 2.11. The fourth-order valence-corrected chi connectivity index (χ4v) is 1.90. The maximum atomic E-state index is 11.1. The average Bonchev–Trinajstić information content (AvgIpc) is 2.37. The fourth-order valence-electron chi connectivity index (χ4n) is 1.14. The number of rotatable bonds is 5. The Morgan fingerprint density at radius 3 is 2.53 bits per heavy atom. The van der Waals surface area contributed by atoms with Gasteiger partial charge < -0.3 is 4.74 Å². The third-order valence-corrected chi connectivity index (χ3v) is 3.82. The minimum absolute atomic E-state index is 0.117. The van der Waals surface area contributed by atoms with E-state index in [9.17, 15) is 9.59 Å². The van der Waals surface area contributed by atoms with Crippen molar-refractivity contribution in [2.45, 2.75) is 25.7 Å². The van der Waals surface area contributed by atoms with Crippen LogP contribution in [0.1, 0.15) is 0 Å². The van der Waals surface area contributed by atoms with Crippen LogP contribution in [0, 0.1) is 0 Å². The van der Waals surface area contributed by atoms with E-state index in [-0.39, 0.29) is 25.2 Å². The first-order valence-corrected chi connectivity index (χ1v) is 8.76. The Morgan fingerprint density at radius 1 is 1.40 bits per heavy atom. The molecule has 3 amide bonds. The molecule has 15 heavy (non-hydrogen) atoms. The van der Waals surface area contributed by atoms with Gasteiger partial charge in [0.1, 0.15) is 13.3 Å². The molecule has 86 valence electrons. The minimum atomic E-state index is -1.08. The van der Waals surface area contributed by atoms with Crippen molar-refractivity contribution in [2.75, 3.05) is 19.9 Å². The van der Waals surface area contributed by atoms with E-state index in [0.717, 1.165) is 6.04 Å². The Labute approximate surface area is 90.8 Å². The average molecular weight is 230 g/mol. The summed E-state index contributed by atoms with van der Waals surface area (Å²) in [5.74, 6) is -0.256. The van der Waals surface area contributed by atoms with Gasteiger partial charge in [-0.1, -0.05) is 19.6 Å². The molecule has 0 radical (unpaired) electrons. The van der Waals surface area contributed by atoms with Crippen molar-refractivity contribution in [1.82, 2.24) is 10.2 Å². The van der Waals surface area contributed by atoms with E-state index in [1.807, 2.05) is 0 Å². The Bertz CT molecular complexity index is 263. The smallest absolute Gasteiger partial charge is 0.326 e. The Hall–Kier alpha value is -0.883. The van der Waals surface area contributed by atoms with Crippen LogP contribution in [0.3, 0.4) is 0 Å². The first kappa shape index (κ1) is 12.2. The molecule has 0 bridgehead atoms. The zero-order chi connectivity index (χ0) is 11.5. The van der Waals surface area contributed by atoms with E-state index >= 15 is 0 Å². The lowest BCUT2D eigenvalue weighted by Crippen LogP contribution is -2.31. The van der Waals surface area contributed by atoms with Crippen molar-refractivity contribution in [3.8, 4) is 0 Å². The van der Waals surface area contributed by atoms with Gasteiger partial charge in [-0.25, -0.2) is 4.79 Å². The van der Waals surface area contributed by atoms with Gasteiger partial charge >= 0.3 is 6.03 Å². The molecule has 1 saturated heterocycles. The Balaban J connectivity index is 2.16. The molecule has 0 unspecified atom stereocenters. The van der Waals surface area contributed by atoms with Crippen molar-refractivity contribution in [1.29, 1.82) is 0 Å². The van der Waals surface area contributed by atoms with Crippen LogP contribution in [0.25, 0.3) is 0 Å². The van der Waals surface area contributed by atoms with Gasteiger partial charge in [-0.3, -0.25) is 15.0 Å². The Morgan fingerprint density at radius 2 is 2.07 bits per heavy atom. The summed E-state index contributed by atoms with van der Waals surface area (Å²) in [5, 5.41) is 2.20. The summed E-state index contributed by atoms with van der Waals surface area (Å²) in [6.07, 6.45) is 0. The van der Waals surface area contributed by atoms with E-state index in [0.29, 0.717) is 6.61 Å². The lowest BCUT2D eigenvalue weighted by atomic mass is 10.6. The number of urea groups is 1. The number of hydrogen-bond donors (Lipinski definition) is 1.